The molecule has 1 fully saturated rings. The zero-order chi connectivity index (χ0) is 22.8. The quantitative estimate of drug-likeness (QED) is 0.570. The molecule has 2 aromatic carbocycles. The monoisotopic (exact) mass is 462 g/mol. The first-order valence-corrected chi connectivity index (χ1v) is 12.4. The molecule has 1 aromatic heterocycles. The zero-order valence-electron chi connectivity index (χ0n) is 18.9. The highest BCUT2D eigenvalue weighted by Gasteiger charge is 2.53. The van der Waals surface area contributed by atoms with E-state index < -0.39 is 0 Å². The number of carbonyl (C=O) groups excluding carboxylic acids is 1. The second kappa shape index (κ2) is 9.29. The maximum absolute atomic E-state index is 12.9. The fourth-order valence-electron chi connectivity index (χ4n) is 5.72. The molecule has 5 nitrogen and oxygen atoms in total. The number of rotatable bonds is 6. The molecule has 2 atom stereocenters. The average molecular weight is 463 g/mol. The highest BCUT2D eigenvalue weighted by molar-refractivity contribution is 7.10. The molecule has 33 heavy (non-hydrogen) atoms. The number of piperidine rings is 1. The molecule has 172 valence electrons. The Morgan fingerprint density at radius 2 is 1.88 bits per heavy atom. The van der Waals surface area contributed by atoms with Crippen LogP contribution in [0.3, 0.4) is 0 Å². The molecule has 0 saturated carbocycles. The van der Waals surface area contributed by atoms with Crippen molar-refractivity contribution in [2.75, 3.05) is 20.2 Å². The number of likely N-dealkylation sites (tertiary alicyclic amines) is 1. The third-order valence-electron chi connectivity index (χ3n) is 7.30. The second-order valence-corrected chi connectivity index (χ2v) is 10.1. The summed E-state index contributed by atoms with van der Waals surface area (Å²) in [5.74, 6) is 0.389. The summed E-state index contributed by atoms with van der Waals surface area (Å²) in [5.41, 5.74) is 3.32. The van der Waals surface area contributed by atoms with Gasteiger partial charge in [-0.05, 0) is 54.6 Å². The number of hydrogen-bond donors (Lipinski definition) is 2. The van der Waals surface area contributed by atoms with E-state index in [-0.39, 0.29) is 23.5 Å². The van der Waals surface area contributed by atoms with Crippen LogP contribution in [0.1, 0.15) is 40.5 Å². The first-order valence-electron chi connectivity index (χ1n) is 11.5. The maximum atomic E-state index is 12.9. The lowest BCUT2D eigenvalue weighted by molar-refractivity contribution is -0.122. The number of amides is 1. The molecule has 1 saturated heterocycles. The number of phenols is 1. The van der Waals surface area contributed by atoms with Gasteiger partial charge in [0, 0.05) is 29.5 Å². The molecule has 1 aliphatic carbocycles. The van der Waals surface area contributed by atoms with Crippen LogP contribution in [0, 0.1) is 0 Å². The van der Waals surface area contributed by atoms with Gasteiger partial charge in [0.2, 0.25) is 5.91 Å². The third kappa shape index (κ3) is 4.19. The molecule has 3 aromatic rings. The summed E-state index contributed by atoms with van der Waals surface area (Å²) in [4.78, 5) is 16.4. The van der Waals surface area contributed by atoms with Crippen molar-refractivity contribution in [3.63, 3.8) is 0 Å². The predicted octanol–water partition coefficient (Wildman–Crippen LogP) is 4.42. The van der Waals surface area contributed by atoms with Gasteiger partial charge in [0.25, 0.3) is 0 Å². The number of ether oxygens (including phenoxy) is 1. The van der Waals surface area contributed by atoms with Crippen LogP contribution in [-0.4, -0.2) is 42.2 Å². The van der Waals surface area contributed by atoms with Gasteiger partial charge < -0.3 is 15.2 Å². The van der Waals surface area contributed by atoms with Crippen molar-refractivity contribution in [2.45, 2.75) is 43.4 Å². The van der Waals surface area contributed by atoms with Crippen molar-refractivity contribution < 1.29 is 14.6 Å². The van der Waals surface area contributed by atoms with Gasteiger partial charge in [-0.25, -0.2) is 0 Å². The van der Waals surface area contributed by atoms with Crippen molar-refractivity contribution in [1.29, 1.82) is 0 Å². The highest BCUT2D eigenvalue weighted by atomic mass is 32.1. The largest absolute Gasteiger partial charge is 0.508 e. The number of hydrogen-bond acceptors (Lipinski definition) is 5. The fraction of sp³-hybridized carbons (Fsp3) is 0.370. The van der Waals surface area contributed by atoms with Crippen LogP contribution in [0.2, 0.25) is 0 Å². The Kier molecular flexibility index (Phi) is 6.23. The summed E-state index contributed by atoms with van der Waals surface area (Å²) in [6, 6.07) is 19.9. The number of nitrogens with one attached hydrogen (secondary N) is 1. The molecule has 0 bridgehead atoms. The number of fused-ring (bicyclic) bond motifs is 2. The Morgan fingerprint density at radius 3 is 2.61 bits per heavy atom. The Balaban J connectivity index is 1.35. The van der Waals surface area contributed by atoms with Crippen molar-refractivity contribution in [1.82, 2.24) is 10.2 Å². The van der Waals surface area contributed by atoms with Crippen LogP contribution < -0.4 is 5.32 Å². The lowest BCUT2D eigenvalue weighted by Gasteiger charge is -2.44. The SMILES string of the molecule is CO[C@@H]1[C@@H](NC(=O)Cc2cccs2)c2ccccc2C12CCN(Cc1ccccc1O)CC2. The van der Waals surface area contributed by atoms with Crippen molar-refractivity contribution in [2.24, 2.45) is 0 Å². The van der Waals surface area contributed by atoms with E-state index in [0.717, 1.165) is 42.9 Å². The Morgan fingerprint density at radius 1 is 1.12 bits per heavy atom. The molecule has 1 aliphatic heterocycles. The Labute approximate surface area is 199 Å². The summed E-state index contributed by atoms with van der Waals surface area (Å²) in [6.45, 7) is 2.57. The van der Waals surface area contributed by atoms with Gasteiger partial charge in [0.1, 0.15) is 5.75 Å². The maximum Gasteiger partial charge on any atom is 0.225 e. The number of carbonyl (C=O) groups is 1. The molecule has 5 rings (SSSR count). The van der Waals surface area contributed by atoms with E-state index in [1.54, 1.807) is 24.5 Å². The Bertz CT molecular complexity index is 1110. The van der Waals surface area contributed by atoms with Crippen molar-refractivity contribution >= 4 is 17.2 Å². The van der Waals surface area contributed by atoms with E-state index in [1.807, 2.05) is 35.7 Å². The van der Waals surface area contributed by atoms with E-state index >= 15 is 0 Å². The summed E-state index contributed by atoms with van der Waals surface area (Å²) < 4.78 is 6.14. The van der Waals surface area contributed by atoms with Gasteiger partial charge >= 0.3 is 0 Å². The summed E-state index contributed by atoms with van der Waals surface area (Å²) in [7, 11) is 1.77. The van der Waals surface area contributed by atoms with Crippen molar-refractivity contribution in [3.05, 3.63) is 87.6 Å². The molecule has 2 N–H and O–H groups in total. The van der Waals surface area contributed by atoms with Crippen molar-refractivity contribution in [3.8, 4) is 5.75 Å². The number of phenolic OH excluding ortho intramolecular Hbond substituents is 1. The molecule has 2 aliphatic rings. The summed E-state index contributed by atoms with van der Waals surface area (Å²) in [6.07, 6.45) is 2.20. The molecule has 2 heterocycles. The smallest absolute Gasteiger partial charge is 0.225 e. The van der Waals surface area contributed by atoms with Gasteiger partial charge in [0.15, 0.2) is 0 Å². The second-order valence-electron chi connectivity index (χ2n) is 9.11. The lowest BCUT2D eigenvalue weighted by Crippen LogP contribution is -2.50. The molecule has 0 radical (unpaired) electrons. The molecule has 0 unspecified atom stereocenters. The van der Waals surface area contributed by atoms with Crippen LogP contribution in [-0.2, 0) is 27.9 Å². The van der Waals surface area contributed by atoms with Crippen LogP contribution >= 0.6 is 11.3 Å². The van der Waals surface area contributed by atoms with Gasteiger partial charge in [-0.1, -0.05) is 48.5 Å². The molecule has 1 amide bonds. The van der Waals surface area contributed by atoms with E-state index in [2.05, 4.69) is 34.5 Å². The van der Waals surface area contributed by atoms with Gasteiger partial charge in [0.05, 0.1) is 18.6 Å². The number of methoxy groups -OCH3 is 1. The molecular weight excluding hydrogens is 432 g/mol. The lowest BCUT2D eigenvalue weighted by atomic mass is 9.71. The number of benzene rings is 2. The van der Waals surface area contributed by atoms with E-state index in [9.17, 15) is 9.90 Å². The normalized spacial score (nSPS) is 21.7. The minimum atomic E-state index is -0.150. The van der Waals surface area contributed by atoms with Gasteiger partial charge in [-0.15, -0.1) is 11.3 Å². The van der Waals surface area contributed by atoms with Crippen LogP contribution in [0.15, 0.2) is 66.0 Å². The minimum absolute atomic E-state index is 0.0355. The summed E-state index contributed by atoms with van der Waals surface area (Å²) in [5, 5.41) is 15.5. The number of para-hydroxylation sites is 1. The minimum Gasteiger partial charge on any atom is -0.508 e. The predicted molar refractivity (Wildman–Crippen MR) is 130 cm³/mol. The molecule has 1 spiro atoms. The topological polar surface area (TPSA) is 61.8 Å². The summed E-state index contributed by atoms with van der Waals surface area (Å²) >= 11 is 1.61. The fourth-order valence-corrected chi connectivity index (χ4v) is 6.42. The van der Waals surface area contributed by atoms with E-state index in [4.69, 9.17) is 4.74 Å². The number of nitrogens with zero attached hydrogens (tertiary/aromatic N) is 1. The average Bonchev–Trinajstić information content (AvgIpc) is 3.42. The molecular formula is C27H30N2O3S. The number of thiophene rings is 1. The van der Waals surface area contributed by atoms with E-state index in [0.29, 0.717) is 12.2 Å². The number of aromatic hydroxyl groups is 1. The first kappa shape index (κ1) is 22.1. The third-order valence-corrected chi connectivity index (χ3v) is 8.18. The zero-order valence-corrected chi connectivity index (χ0v) is 19.7. The Hall–Kier alpha value is -2.67. The van der Waals surface area contributed by atoms with Gasteiger partial charge in [-0.2, -0.15) is 0 Å². The van der Waals surface area contributed by atoms with E-state index in [1.165, 1.54) is 11.1 Å². The standard InChI is InChI=1S/C27H30N2O3S/c1-32-26-25(28-24(31)17-20-8-6-16-33-20)21-9-3-4-10-22(21)27(26)12-14-29(15-13-27)18-19-7-2-5-11-23(19)30/h2-11,16,25-26,30H,12-15,17-18H2,1H3,(H,28,31)/t25-,26+/m0/s1. The first-order chi connectivity index (χ1) is 16.1. The highest BCUT2D eigenvalue weighted by Crippen LogP contribution is 2.52. The van der Waals surface area contributed by atoms with Crippen LogP contribution in [0.5, 0.6) is 5.75 Å². The molecule has 6 heteroatoms. The van der Waals surface area contributed by atoms with Crippen LogP contribution in [0.25, 0.3) is 0 Å². The van der Waals surface area contributed by atoms with Crippen LogP contribution in [0.4, 0.5) is 0 Å². The van der Waals surface area contributed by atoms with Gasteiger partial charge in [-0.3, -0.25) is 9.69 Å².